The fourth-order valence-corrected chi connectivity index (χ4v) is 4.11. The molecule has 2 aliphatic heterocycles. The lowest BCUT2D eigenvalue weighted by Crippen LogP contribution is -2.57. The molecule has 0 saturated carbocycles. The molecule has 2 aliphatic rings. The minimum absolute atomic E-state index is 0.0329. The third kappa shape index (κ3) is 2.76. The van der Waals surface area contributed by atoms with E-state index in [1.807, 2.05) is 9.80 Å². The number of hydrogen-bond donors (Lipinski definition) is 1. The lowest BCUT2D eigenvalue weighted by atomic mass is 9.83. The van der Waals surface area contributed by atoms with Crippen molar-refractivity contribution in [2.75, 3.05) is 26.2 Å². The topological polar surface area (TPSA) is 96.8 Å². The van der Waals surface area contributed by atoms with Crippen molar-refractivity contribution in [3.8, 4) is 0 Å². The summed E-state index contributed by atoms with van der Waals surface area (Å²) in [6, 6.07) is 1.99. The number of hydrogen-bond acceptors (Lipinski definition) is 5. The van der Waals surface area contributed by atoms with Crippen LogP contribution in [0.3, 0.4) is 0 Å². The third-order valence-electron chi connectivity index (χ3n) is 5.31. The Kier molecular flexibility index (Phi) is 4.12. The van der Waals surface area contributed by atoms with Gasteiger partial charge in [0.2, 0.25) is 5.91 Å². The summed E-state index contributed by atoms with van der Waals surface area (Å²) in [6.07, 6.45) is 7.21. The number of carbonyl (C=O) groups is 2. The zero-order valence-corrected chi connectivity index (χ0v) is 14.0. The Morgan fingerprint density at radius 2 is 2.24 bits per heavy atom. The maximum absolute atomic E-state index is 13.0. The summed E-state index contributed by atoms with van der Waals surface area (Å²) < 4.78 is 1.61. The lowest BCUT2D eigenvalue weighted by molar-refractivity contribution is -0.140. The highest BCUT2D eigenvalue weighted by Crippen LogP contribution is 2.31. The predicted molar refractivity (Wildman–Crippen MR) is 90.8 cm³/mol. The van der Waals surface area contributed by atoms with Crippen LogP contribution in [0.4, 0.5) is 0 Å². The standard InChI is InChI=1S/C17H22N6O2/c18-5-9-22-14-4-8-21(11-12(14)2-3-15(22)24)17(25)13-10-20-23-7-1-6-19-16(13)23/h1,6-7,10,12,14H,2-5,8-9,11,18H2. The molecule has 0 aromatic carbocycles. The molecule has 0 spiro atoms. The van der Waals surface area contributed by atoms with Crippen molar-refractivity contribution in [2.45, 2.75) is 25.3 Å². The zero-order chi connectivity index (χ0) is 17.4. The molecule has 0 radical (unpaired) electrons. The van der Waals surface area contributed by atoms with E-state index in [4.69, 9.17) is 5.73 Å². The van der Waals surface area contributed by atoms with Crippen molar-refractivity contribution < 1.29 is 9.59 Å². The first kappa shape index (κ1) is 16.0. The normalized spacial score (nSPS) is 23.8. The molecular weight excluding hydrogens is 320 g/mol. The van der Waals surface area contributed by atoms with Crippen LogP contribution in [0.1, 0.15) is 29.6 Å². The van der Waals surface area contributed by atoms with Crippen LogP contribution >= 0.6 is 0 Å². The second-order valence-corrected chi connectivity index (χ2v) is 6.73. The van der Waals surface area contributed by atoms with Gasteiger partial charge in [-0.3, -0.25) is 9.59 Å². The third-order valence-corrected chi connectivity index (χ3v) is 5.31. The van der Waals surface area contributed by atoms with Gasteiger partial charge < -0.3 is 15.5 Å². The summed E-state index contributed by atoms with van der Waals surface area (Å²) in [4.78, 5) is 33.2. The van der Waals surface area contributed by atoms with Crippen molar-refractivity contribution in [3.05, 3.63) is 30.2 Å². The van der Waals surface area contributed by atoms with Gasteiger partial charge in [0, 0.05) is 51.0 Å². The van der Waals surface area contributed by atoms with E-state index >= 15 is 0 Å². The quantitative estimate of drug-likeness (QED) is 0.856. The average Bonchev–Trinajstić information content (AvgIpc) is 3.07. The number of rotatable bonds is 3. The number of amides is 2. The lowest BCUT2D eigenvalue weighted by Gasteiger charge is -2.47. The first-order chi connectivity index (χ1) is 12.2. The van der Waals surface area contributed by atoms with Gasteiger partial charge in [0.1, 0.15) is 5.56 Å². The van der Waals surface area contributed by atoms with E-state index < -0.39 is 0 Å². The van der Waals surface area contributed by atoms with Crippen LogP contribution in [0.25, 0.3) is 5.65 Å². The summed E-state index contributed by atoms with van der Waals surface area (Å²) in [5.74, 6) is 0.476. The average molecular weight is 342 g/mol. The maximum atomic E-state index is 13.0. The van der Waals surface area contributed by atoms with Gasteiger partial charge in [0.05, 0.1) is 6.20 Å². The van der Waals surface area contributed by atoms with Crippen LogP contribution in [-0.4, -0.2) is 68.4 Å². The predicted octanol–water partition coefficient (Wildman–Crippen LogP) is 0.141. The molecule has 2 aromatic heterocycles. The van der Waals surface area contributed by atoms with E-state index in [0.717, 1.165) is 12.8 Å². The van der Waals surface area contributed by atoms with Gasteiger partial charge >= 0.3 is 0 Å². The Labute approximate surface area is 145 Å². The molecule has 4 rings (SSSR count). The number of nitrogens with zero attached hydrogens (tertiary/aromatic N) is 5. The molecule has 8 heteroatoms. The molecule has 4 heterocycles. The molecular formula is C17H22N6O2. The molecule has 2 aromatic rings. The number of piperidine rings is 2. The number of likely N-dealkylation sites (tertiary alicyclic amines) is 2. The molecule has 2 unspecified atom stereocenters. The monoisotopic (exact) mass is 342 g/mol. The molecule has 2 atom stereocenters. The summed E-state index contributed by atoms with van der Waals surface area (Å²) >= 11 is 0. The molecule has 2 fully saturated rings. The van der Waals surface area contributed by atoms with Gasteiger partial charge in [0.25, 0.3) is 5.91 Å². The molecule has 2 amide bonds. The number of aromatic nitrogens is 3. The van der Waals surface area contributed by atoms with E-state index in [9.17, 15) is 9.59 Å². The van der Waals surface area contributed by atoms with E-state index in [1.54, 1.807) is 29.2 Å². The minimum Gasteiger partial charge on any atom is -0.338 e. The second kappa shape index (κ2) is 6.44. The Morgan fingerprint density at radius 1 is 1.36 bits per heavy atom. The van der Waals surface area contributed by atoms with Crippen LogP contribution < -0.4 is 5.73 Å². The first-order valence-corrected chi connectivity index (χ1v) is 8.76. The van der Waals surface area contributed by atoms with E-state index in [-0.39, 0.29) is 17.9 Å². The van der Waals surface area contributed by atoms with Gasteiger partial charge in [-0.25, -0.2) is 9.50 Å². The van der Waals surface area contributed by atoms with Crippen LogP contribution in [-0.2, 0) is 4.79 Å². The largest absolute Gasteiger partial charge is 0.338 e. The van der Waals surface area contributed by atoms with Crippen LogP contribution in [0.2, 0.25) is 0 Å². The molecule has 8 nitrogen and oxygen atoms in total. The van der Waals surface area contributed by atoms with Gasteiger partial charge in [0.15, 0.2) is 5.65 Å². The molecule has 25 heavy (non-hydrogen) atoms. The number of nitrogens with two attached hydrogens (primary N) is 1. The summed E-state index contributed by atoms with van der Waals surface area (Å²) in [5, 5.41) is 4.20. The van der Waals surface area contributed by atoms with Crippen molar-refractivity contribution in [1.82, 2.24) is 24.4 Å². The molecule has 2 saturated heterocycles. The maximum Gasteiger partial charge on any atom is 0.259 e. The van der Waals surface area contributed by atoms with E-state index in [2.05, 4.69) is 10.1 Å². The van der Waals surface area contributed by atoms with Crippen molar-refractivity contribution in [2.24, 2.45) is 11.7 Å². The van der Waals surface area contributed by atoms with Gasteiger partial charge in [-0.05, 0) is 24.8 Å². The molecule has 132 valence electrons. The Bertz CT molecular complexity index is 803. The highest BCUT2D eigenvalue weighted by atomic mass is 16.2. The SMILES string of the molecule is NCCN1C(=O)CCC2CN(C(=O)c3cnn4cccnc34)CCC21. The Balaban J connectivity index is 1.52. The zero-order valence-electron chi connectivity index (χ0n) is 14.0. The van der Waals surface area contributed by atoms with Crippen molar-refractivity contribution in [3.63, 3.8) is 0 Å². The fraction of sp³-hybridized carbons (Fsp3) is 0.529. The molecule has 2 N–H and O–H groups in total. The van der Waals surface area contributed by atoms with Gasteiger partial charge in [-0.15, -0.1) is 0 Å². The highest BCUT2D eigenvalue weighted by molar-refractivity contribution is 5.99. The van der Waals surface area contributed by atoms with E-state index in [1.165, 1.54) is 0 Å². The van der Waals surface area contributed by atoms with Crippen molar-refractivity contribution in [1.29, 1.82) is 0 Å². The van der Waals surface area contributed by atoms with Crippen molar-refractivity contribution >= 4 is 17.5 Å². The summed E-state index contributed by atoms with van der Waals surface area (Å²) in [6.45, 7) is 2.39. The summed E-state index contributed by atoms with van der Waals surface area (Å²) in [7, 11) is 0. The molecule has 0 aliphatic carbocycles. The summed E-state index contributed by atoms with van der Waals surface area (Å²) in [5.41, 5.74) is 6.78. The van der Waals surface area contributed by atoms with Crippen LogP contribution in [0.5, 0.6) is 0 Å². The minimum atomic E-state index is -0.0329. The second-order valence-electron chi connectivity index (χ2n) is 6.73. The van der Waals surface area contributed by atoms with Crippen LogP contribution in [0, 0.1) is 5.92 Å². The Morgan fingerprint density at radius 3 is 3.08 bits per heavy atom. The first-order valence-electron chi connectivity index (χ1n) is 8.76. The highest BCUT2D eigenvalue weighted by Gasteiger charge is 2.40. The number of carbonyl (C=O) groups excluding carboxylic acids is 2. The smallest absolute Gasteiger partial charge is 0.259 e. The van der Waals surface area contributed by atoms with Gasteiger partial charge in [-0.2, -0.15) is 5.10 Å². The molecule has 0 bridgehead atoms. The number of fused-ring (bicyclic) bond motifs is 2. The fourth-order valence-electron chi connectivity index (χ4n) is 4.11. The van der Waals surface area contributed by atoms with E-state index in [0.29, 0.717) is 49.7 Å². The Hall–Kier alpha value is -2.48. The van der Waals surface area contributed by atoms with Crippen LogP contribution in [0.15, 0.2) is 24.7 Å². The van der Waals surface area contributed by atoms with Gasteiger partial charge in [-0.1, -0.05) is 0 Å².